The Hall–Kier alpha value is -2.24. The third-order valence-electron chi connectivity index (χ3n) is 2.82. The van der Waals surface area contributed by atoms with Crippen LogP contribution in [0.15, 0.2) is 45.8 Å². The van der Waals surface area contributed by atoms with E-state index in [2.05, 4.69) is 20.9 Å². The van der Waals surface area contributed by atoms with Crippen molar-refractivity contribution < 1.29 is 9.63 Å². The normalized spacial score (nSPS) is 23.0. The smallest absolute Gasteiger partial charge is 0.277 e. The van der Waals surface area contributed by atoms with Crippen LogP contribution >= 0.6 is 0 Å². The van der Waals surface area contributed by atoms with E-state index in [1.165, 1.54) is 0 Å². The summed E-state index contributed by atoms with van der Waals surface area (Å²) in [7, 11) is 0. The molecule has 1 unspecified atom stereocenters. The van der Waals surface area contributed by atoms with Crippen molar-refractivity contribution in [1.82, 2.24) is 5.43 Å². The van der Waals surface area contributed by atoms with Gasteiger partial charge in [0.2, 0.25) is 5.54 Å². The minimum Gasteiger partial charge on any atom is -0.391 e. The van der Waals surface area contributed by atoms with Gasteiger partial charge in [0.15, 0.2) is 0 Å². The first-order valence-corrected chi connectivity index (χ1v) is 5.56. The molecule has 2 rings (SSSR count). The van der Waals surface area contributed by atoms with E-state index in [9.17, 15) is 4.79 Å². The van der Waals surface area contributed by atoms with Crippen LogP contribution in [0, 0.1) is 0 Å². The first-order chi connectivity index (χ1) is 8.63. The van der Waals surface area contributed by atoms with Crippen molar-refractivity contribution in [2.75, 3.05) is 0 Å². The second-order valence-corrected chi connectivity index (χ2v) is 4.15. The molecule has 1 heterocycles. The van der Waals surface area contributed by atoms with Gasteiger partial charge in [-0.05, 0) is 19.4 Å². The van der Waals surface area contributed by atoms with Crippen molar-refractivity contribution in [3.8, 4) is 0 Å². The third-order valence-corrected chi connectivity index (χ3v) is 2.82. The van der Waals surface area contributed by atoms with Crippen molar-refractivity contribution in [2.24, 2.45) is 15.5 Å². The van der Waals surface area contributed by atoms with Crippen LogP contribution < -0.4 is 5.43 Å². The van der Waals surface area contributed by atoms with Crippen LogP contribution in [0.2, 0.25) is 0 Å². The molecular formula is C12H14N4O2. The van der Waals surface area contributed by atoms with Crippen LogP contribution in [0.4, 0.5) is 0 Å². The van der Waals surface area contributed by atoms with Crippen molar-refractivity contribution in [2.45, 2.75) is 26.0 Å². The molecule has 18 heavy (non-hydrogen) atoms. The zero-order chi connectivity index (χ0) is 13.0. The maximum atomic E-state index is 11.5. The molecule has 1 aromatic carbocycles. The van der Waals surface area contributed by atoms with Gasteiger partial charge in [-0.1, -0.05) is 40.7 Å². The number of rotatable bonds is 4. The zero-order valence-corrected chi connectivity index (χ0v) is 10.3. The molecule has 0 radical (unpaired) electrons. The highest BCUT2D eigenvalue weighted by atomic mass is 16.6. The van der Waals surface area contributed by atoms with Gasteiger partial charge >= 0.3 is 0 Å². The minimum atomic E-state index is -1.06. The second kappa shape index (κ2) is 4.95. The Bertz CT molecular complexity index is 498. The first-order valence-electron chi connectivity index (χ1n) is 5.56. The van der Waals surface area contributed by atoms with E-state index >= 15 is 0 Å². The van der Waals surface area contributed by atoms with Crippen LogP contribution in [0.1, 0.15) is 19.4 Å². The first kappa shape index (κ1) is 12.2. The Morgan fingerprint density at radius 1 is 1.44 bits per heavy atom. The van der Waals surface area contributed by atoms with Gasteiger partial charge in [-0.15, -0.1) is 5.11 Å². The fourth-order valence-corrected chi connectivity index (χ4v) is 1.43. The summed E-state index contributed by atoms with van der Waals surface area (Å²) in [5.74, 6) is -0.299. The molecule has 1 atom stereocenters. The van der Waals surface area contributed by atoms with E-state index in [4.69, 9.17) is 4.84 Å². The Balaban J connectivity index is 1.98. The van der Waals surface area contributed by atoms with Gasteiger partial charge in [0.25, 0.3) is 5.91 Å². The van der Waals surface area contributed by atoms with Crippen molar-refractivity contribution in [3.05, 3.63) is 35.9 Å². The fraction of sp³-hybridized carbons (Fsp3) is 0.333. The quantitative estimate of drug-likeness (QED) is 0.650. The SMILES string of the molecule is C/C(=N\OCc1ccccc1)C1(C)N=NNC1=O. The number of carbonyl (C=O) groups is 1. The van der Waals surface area contributed by atoms with Gasteiger partial charge in [0, 0.05) is 0 Å². The van der Waals surface area contributed by atoms with Crippen LogP contribution in [0.3, 0.4) is 0 Å². The number of oxime groups is 1. The zero-order valence-electron chi connectivity index (χ0n) is 10.3. The van der Waals surface area contributed by atoms with Gasteiger partial charge in [-0.2, -0.15) is 0 Å². The minimum absolute atomic E-state index is 0.299. The van der Waals surface area contributed by atoms with Crippen LogP contribution in [-0.2, 0) is 16.2 Å². The molecule has 0 saturated carbocycles. The Kier molecular flexibility index (Phi) is 3.36. The van der Waals surface area contributed by atoms with Crippen molar-refractivity contribution >= 4 is 11.6 Å². The average Bonchev–Trinajstić information content (AvgIpc) is 2.72. The molecule has 0 fully saturated rings. The van der Waals surface area contributed by atoms with Crippen LogP contribution in [0.5, 0.6) is 0 Å². The van der Waals surface area contributed by atoms with E-state index in [0.717, 1.165) is 5.56 Å². The number of hydrogen-bond acceptors (Lipinski definition) is 5. The molecule has 0 spiro atoms. The summed E-state index contributed by atoms with van der Waals surface area (Å²) in [6, 6.07) is 9.66. The summed E-state index contributed by atoms with van der Waals surface area (Å²) >= 11 is 0. The van der Waals surface area contributed by atoms with E-state index in [0.29, 0.717) is 12.3 Å². The standard InChI is InChI=1S/C12H14N4O2/c1-9(12(2)11(17)13-16-15-12)14-18-8-10-6-4-3-5-7-10/h3-7H,8H2,1-2H3,(H,13,15,17)/b14-9+. The highest BCUT2D eigenvalue weighted by Gasteiger charge is 2.41. The molecule has 0 aromatic heterocycles. The van der Waals surface area contributed by atoms with E-state index in [-0.39, 0.29) is 5.91 Å². The predicted octanol–water partition coefficient (Wildman–Crippen LogP) is 1.83. The Labute approximate surface area is 105 Å². The lowest BCUT2D eigenvalue weighted by molar-refractivity contribution is -0.122. The molecule has 6 nitrogen and oxygen atoms in total. The number of nitrogens with zero attached hydrogens (tertiary/aromatic N) is 3. The van der Waals surface area contributed by atoms with Gasteiger partial charge in [0.05, 0.1) is 5.71 Å². The van der Waals surface area contributed by atoms with E-state index in [1.54, 1.807) is 13.8 Å². The predicted molar refractivity (Wildman–Crippen MR) is 65.7 cm³/mol. The van der Waals surface area contributed by atoms with Crippen LogP contribution in [0.25, 0.3) is 0 Å². The molecule has 6 heteroatoms. The van der Waals surface area contributed by atoms with Gasteiger partial charge in [0.1, 0.15) is 6.61 Å². The summed E-state index contributed by atoms with van der Waals surface area (Å²) in [6.45, 7) is 3.69. The maximum Gasteiger partial charge on any atom is 0.277 e. The Morgan fingerprint density at radius 3 is 2.78 bits per heavy atom. The number of carbonyl (C=O) groups excluding carboxylic acids is 1. The molecule has 1 N–H and O–H groups in total. The van der Waals surface area contributed by atoms with E-state index < -0.39 is 5.54 Å². The second-order valence-electron chi connectivity index (χ2n) is 4.15. The number of nitrogens with one attached hydrogen (secondary N) is 1. The van der Waals surface area contributed by atoms with Gasteiger partial charge in [-0.25, -0.2) is 5.43 Å². The molecular weight excluding hydrogens is 232 g/mol. The fourth-order valence-electron chi connectivity index (χ4n) is 1.43. The maximum absolute atomic E-state index is 11.5. The number of hydrogen-bond donors (Lipinski definition) is 1. The summed E-state index contributed by atoms with van der Waals surface area (Å²) in [5.41, 5.74) is 2.70. The molecule has 0 saturated heterocycles. The summed E-state index contributed by atoms with van der Waals surface area (Å²) < 4.78 is 0. The largest absolute Gasteiger partial charge is 0.391 e. The lowest BCUT2D eigenvalue weighted by Crippen LogP contribution is -2.41. The highest BCUT2D eigenvalue weighted by Crippen LogP contribution is 2.18. The topological polar surface area (TPSA) is 75.4 Å². The average molecular weight is 246 g/mol. The van der Waals surface area contributed by atoms with Crippen molar-refractivity contribution in [3.63, 3.8) is 0 Å². The highest BCUT2D eigenvalue weighted by molar-refractivity contribution is 6.12. The molecule has 1 amide bonds. The summed E-state index contributed by atoms with van der Waals surface area (Å²) in [4.78, 5) is 16.7. The number of amides is 1. The molecule has 1 aliphatic heterocycles. The van der Waals surface area contributed by atoms with Gasteiger partial charge < -0.3 is 4.84 Å². The van der Waals surface area contributed by atoms with Crippen molar-refractivity contribution in [1.29, 1.82) is 0 Å². The Morgan fingerprint density at radius 2 is 2.17 bits per heavy atom. The monoisotopic (exact) mass is 246 g/mol. The molecule has 94 valence electrons. The molecule has 0 aliphatic carbocycles. The molecule has 1 aliphatic rings. The summed E-state index contributed by atoms with van der Waals surface area (Å²) in [5, 5.41) is 11.2. The number of benzene rings is 1. The molecule has 0 bridgehead atoms. The molecule has 1 aromatic rings. The lowest BCUT2D eigenvalue weighted by atomic mass is 9.98. The van der Waals surface area contributed by atoms with Gasteiger partial charge in [-0.3, -0.25) is 4.79 Å². The summed E-state index contributed by atoms with van der Waals surface area (Å²) in [6.07, 6.45) is 0. The van der Waals surface area contributed by atoms with E-state index in [1.807, 2.05) is 30.3 Å². The van der Waals surface area contributed by atoms with Crippen LogP contribution in [-0.4, -0.2) is 17.2 Å². The lowest BCUT2D eigenvalue weighted by Gasteiger charge is -2.14. The third kappa shape index (κ3) is 2.37.